The van der Waals surface area contributed by atoms with Crippen molar-refractivity contribution in [3.63, 3.8) is 0 Å². The third kappa shape index (κ3) is 3.36. The molecule has 1 fully saturated rings. The van der Waals surface area contributed by atoms with Crippen LogP contribution in [0.15, 0.2) is 18.2 Å². The van der Waals surface area contributed by atoms with Gasteiger partial charge in [0.05, 0.1) is 17.2 Å². The molecular formula is C18H19N7O4. The lowest BCUT2D eigenvalue weighted by molar-refractivity contribution is -0.136. The summed E-state index contributed by atoms with van der Waals surface area (Å²) >= 11 is 0. The minimum atomic E-state index is -0.980. The maximum absolute atomic E-state index is 12.8. The molecule has 2 atom stereocenters. The molecule has 4 amide bonds. The van der Waals surface area contributed by atoms with Gasteiger partial charge in [0.15, 0.2) is 0 Å². The molecule has 1 aromatic carbocycles. The van der Waals surface area contributed by atoms with E-state index in [4.69, 9.17) is 5.73 Å². The summed E-state index contributed by atoms with van der Waals surface area (Å²) in [6.07, 6.45) is 0.205. The first-order valence-electron chi connectivity index (χ1n) is 9.11. The van der Waals surface area contributed by atoms with Crippen molar-refractivity contribution < 1.29 is 19.2 Å². The number of nitrogens with one attached hydrogen (secondary N) is 3. The quantitative estimate of drug-likeness (QED) is 0.506. The van der Waals surface area contributed by atoms with Gasteiger partial charge in [-0.2, -0.15) is 4.98 Å². The molecule has 0 bridgehead atoms. The van der Waals surface area contributed by atoms with Gasteiger partial charge in [0.25, 0.3) is 11.8 Å². The van der Waals surface area contributed by atoms with E-state index in [0.29, 0.717) is 18.3 Å². The van der Waals surface area contributed by atoms with Crippen LogP contribution >= 0.6 is 0 Å². The second kappa shape index (κ2) is 7.09. The Kier molecular flexibility index (Phi) is 4.59. The number of amides is 4. The molecule has 29 heavy (non-hydrogen) atoms. The molecule has 1 saturated heterocycles. The van der Waals surface area contributed by atoms with Crippen molar-refractivity contribution in [2.24, 2.45) is 5.73 Å². The van der Waals surface area contributed by atoms with Crippen molar-refractivity contribution in [3.05, 3.63) is 40.7 Å². The molecule has 0 aliphatic carbocycles. The number of nitrogens with two attached hydrogens (primary N) is 1. The molecule has 0 saturated carbocycles. The van der Waals surface area contributed by atoms with Gasteiger partial charge in [-0.25, -0.2) is 0 Å². The molecule has 0 radical (unpaired) electrons. The van der Waals surface area contributed by atoms with Crippen molar-refractivity contribution in [2.75, 3.05) is 5.32 Å². The zero-order valence-corrected chi connectivity index (χ0v) is 15.6. The van der Waals surface area contributed by atoms with Crippen LogP contribution in [-0.2, 0) is 16.1 Å². The summed E-state index contributed by atoms with van der Waals surface area (Å²) in [5.41, 5.74) is 6.94. The summed E-state index contributed by atoms with van der Waals surface area (Å²) in [4.78, 5) is 54.1. The number of carbonyl (C=O) groups excluding carboxylic acids is 4. The zero-order valence-electron chi connectivity index (χ0n) is 15.6. The van der Waals surface area contributed by atoms with Gasteiger partial charge in [-0.05, 0) is 31.0 Å². The Balaban J connectivity index is 1.50. The van der Waals surface area contributed by atoms with Gasteiger partial charge in [0, 0.05) is 13.0 Å². The number of fused-ring (bicyclic) bond motifs is 1. The average Bonchev–Trinajstić information content (AvgIpc) is 3.25. The fourth-order valence-electron chi connectivity index (χ4n) is 3.37. The molecule has 2 aliphatic heterocycles. The Morgan fingerprint density at radius 2 is 2.00 bits per heavy atom. The third-order valence-electron chi connectivity index (χ3n) is 4.89. The van der Waals surface area contributed by atoms with E-state index in [1.54, 1.807) is 25.1 Å². The van der Waals surface area contributed by atoms with Gasteiger partial charge in [0.1, 0.15) is 11.9 Å². The molecule has 150 valence electrons. The van der Waals surface area contributed by atoms with Crippen LogP contribution in [0.25, 0.3) is 0 Å². The van der Waals surface area contributed by atoms with Crippen LogP contribution in [0.5, 0.6) is 0 Å². The highest BCUT2D eigenvalue weighted by Gasteiger charge is 2.44. The van der Waals surface area contributed by atoms with Gasteiger partial charge in [-0.3, -0.25) is 34.5 Å². The second-order valence-corrected chi connectivity index (χ2v) is 7.01. The molecule has 1 aromatic heterocycles. The number of hydrogen-bond donors (Lipinski definition) is 4. The van der Waals surface area contributed by atoms with Crippen molar-refractivity contribution in [3.8, 4) is 0 Å². The molecular weight excluding hydrogens is 378 g/mol. The molecule has 2 aliphatic rings. The topological polar surface area (TPSA) is 163 Å². The van der Waals surface area contributed by atoms with Crippen LogP contribution in [0.2, 0.25) is 0 Å². The number of piperidine rings is 1. The predicted molar refractivity (Wildman–Crippen MR) is 99.4 cm³/mol. The van der Waals surface area contributed by atoms with Gasteiger partial charge in [-0.1, -0.05) is 6.07 Å². The highest BCUT2D eigenvalue weighted by molar-refractivity contribution is 6.23. The van der Waals surface area contributed by atoms with E-state index in [2.05, 4.69) is 25.8 Å². The summed E-state index contributed by atoms with van der Waals surface area (Å²) < 4.78 is 0. The van der Waals surface area contributed by atoms with Crippen LogP contribution < -0.4 is 16.4 Å². The molecule has 11 heteroatoms. The Bertz CT molecular complexity index is 1030. The molecule has 2 unspecified atom stereocenters. The number of rotatable bonds is 5. The minimum absolute atomic E-state index is 0.0824. The first-order chi connectivity index (χ1) is 13.8. The fraction of sp³-hybridized carbons (Fsp3) is 0.333. The first-order valence-corrected chi connectivity index (χ1v) is 9.11. The number of benzene rings is 1. The van der Waals surface area contributed by atoms with Crippen LogP contribution in [0.3, 0.4) is 0 Å². The number of anilines is 1. The van der Waals surface area contributed by atoms with E-state index in [1.165, 1.54) is 0 Å². The number of hydrogen-bond acceptors (Lipinski definition) is 8. The van der Waals surface area contributed by atoms with E-state index in [1.807, 2.05) is 0 Å². The molecule has 2 aromatic rings. The summed E-state index contributed by atoms with van der Waals surface area (Å²) in [5.74, 6) is -1.21. The zero-order chi connectivity index (χ0) is 20.7. The summed E-state index contributed by atoms with van der Waals surface area (Å²) in [6, 6.07) is 3.62. The van der Waals surface area contributed by atoms with Crippen molar-refractivity contribution in [1.82, 2.24) is 25.4 Å². The number of nitrogens with zero attached hydrogens (tertiary/aromatic N) is 3. The van der Waals surface area contributed by atoms with Crippen LogP contribution in [0, 0.1) is 0 Å². The lowest BCUT2D eigenvalue weighted by atomic mass is 10.0. The van der Waals surface area contributed by atoms with Gasteiger partial charge < -0.3 is 11.1 Å². The van der Waals surface area contributed by atoms with Gasteiger partial charge in [0.2, 0.25) is 17.8 Å². The minimum Gasteiger partial charge on any atom is -0.349 e. The van der Waals surface area contributed by atoms with E-state index in [0.717, 1.165) is 10.5 Å². The van der Waals surface area contributed by atoms with E-state index in [-0.39, 0.29) is 30.0 Å². The monoisotopic (exact) mass is 397 g/mol. The molecule has 3 heterocycles. The SMILES string of the molecule is CC(N)c1nc(NCc2ccc3c(c2)C(=O)N(C2CCC(=O)NC2=O)C3=O)n[nH]1. The smallest absolute Gasteiger partial charge is 0.262 e. The number of imide groups is 2. The van der Waals surface area contributed by atoms with Crippen molar-refractivity contribution in [2.45, 2.75) is 38.4 Å². The molecule has 0 spiro atoms. The third-order valence-corrected chi connectivity index (χ3v) is 4.89. The van der Waals surface area contributed by atoms with Crippen LogP contribution in [-0.4, -0.2) is 49.8 Å². The van der Waals surface area contributed by atoms with Crippen LogP contribution in [0.1, 0.15) is 57.9 Å². The Morgan fingerprint density at radius 3 is 2.69 bits per heavy atom. The first kappa shape index (κ1) is 18.7. The summed E-state index contributed by atoms with van der Waals surface area (Å²) in [5, 5.41) is 11.9. The van der Waals surface area contributed by atoms with E-state index in [9.17, 15) is 19.2 Å². The fourth-order valence-corrected chi connectivity index (χ4v) is 3.37. The lowest BCUT2D eigenvalue weighted by Crippen LogP contribution is -2.54. The standard InChI is InChI=1S/C18H19N7O4/c1-8(19)14-22-18(24-23-14)20-7-9-2-3-10-11(6-9)17(29)25(16(10)28)12-4-5-13(26)21-15(12)27/h2-3,6,8,12H,4-5,7,19H2,1H3,(H,21,26,27)(H2,20,22,23,24). The number of aromatic amines is 1. The Hall–Kier alpha value is -3.60. The Morgan fingerprint density at radius 1 is 1.24 bits per heavy atom. The van der Waals surface area contributed by atoms with Crippen molar-refractivity contribution in [1.29, 1.82) is 0 Å². The van der Waals surface area contributed by atoms with E-state index >= 15 is 0 Å². The largest absolute Gasteiger partial charge is 0.349 e. The second-order valence-electron chi connectivity index (χ2n) is 7.01. The van der Waals surface area contributed by atoms with E-state index < -0.39 is 29.7 Å². The number of carbonyl (C=O) groups is 4. The molecule has 11 nitrogen and oxygen atoms in total. The van der Waals surface area contributed by atoms with Crippen molar-refractivity contribution >= 4 is 29.6 Å². The average molecular weight is 397 g/mol. The predicted octanol–water partition coefficient (Wildman–Crippen LogP) is -0.162. The maximum Gasteiger partial charge on any atom is 0.262 e. The highest BCUT2D eigenvalue weighted by Crippen LogP contribution is 2.28. The maximum atomic E-state index is 12.8. The molecule has 5 N–H and O–H groups in total. The molecule has 4 rings (SSSR count). The van der Waals surface area contributed by atoms with Gasteiger partial charge in [-0.15, -0.1) is 5.10 Å². The van der Waals surface area contributed by atoms with Gasteiger partial charge >= 0.3 is 0 Å². The summed E-state index contributed by atoms with van der Waals surface area (Å²) in [6.45, 7) is 2.10. The lowest BCUT2D eigenvalue weighted by Gasteiger charge is -2.27. The van der Waals surface area contributed by atoms with Crippen LogP contribution in [0.4, 0.5) is 5.95 Å². The normalized spacial score (nSPS) is 19.9. The highest BCUT2D eigenvalue weighted by atomic mass is 16.2. The number of aromatic nitrogens is 3. The number of H-pyrrole nitrogens is 1. The Labute approximate surface area is 165 Å². The summed E-state index contributed by atoms with van der Waals surface area (Å²) in [7, 11) is 0.